The van der Waals surface area contributed by atoms with Crippen molar-refractivity contribution in [1.82, 2.24) is 5.32 Å². The maximum atomic E-state index is 11.9. The number of thiophene rings is 1. The monoisotopic (exact) mass is 317 g/mol. The number of methoxy groups -OCH3 is 1. The number of aliphatic hydroxyl groups is 1. The van der Waals surface area contributed by atoms with Crippen LogP contribution in [0.3, 0.4) is 0 Å². The Kier molecular flexibility index (Phi) is 5.01. The van der Waals surface area contributed by atoms with Gasteiger partial charge in [0.05, 0.1) is 28.3 Å². The molecule has 110 valence electrons. The molecule has 1 heterocycles. The maximum Gasteiger partial charge on any atom is 0.308 e. The molecule has 1 aromatic rings. The smallest absolute Gasteiger partial charge is 0.308 e. The molecule has 5 nitrogen and oxygen atoms in total. The van der Waals surface area contributed by atoms with E-state index in [0.717, 1.165) is 0 Å². The lowest BCUT2D eigenvalue weighted by molar-refractivity contribution is -0.145. The van der Waals surface area contributed by atoms with Crippen LogP contribution in [0.25, 0.3) is 0 Å². The molecular formula is C13H16ClNO4S. The molecule has 2 N–H and O–H groups in total. The minimum Gasteiger partial charge on any atom is -0.469 e. The number of amides is 1. The Morgan fingerprint density at radius 3 is 2.85 bits per heavy atom. The number of halogens is 1. The van der Waals surface area contributed by atoms with Gasteiger partial charge >= 0.3 is 5.97 Å². The summed E-state index contributed by atoms with van der Waals surface area (Å²) in [6.45, 7) is 0.336. The van der Waals surface area contributed by atoms with Crippen LogP contribution in [-0.2, 0) is 9.53 Å². The van der Waals surface area contributed by atoms with Crippen LogP contribution in [0.2, 0.25) is 4.34 Å². The largest absolute Gasteiger partial charge is 0.469 e. The lowest BCUT2D eigenvalue weighted by Gasteiger charge is -2.14. The van der Waals surface area contributed by atoms with Crippen LogP contribution in [0.1, 0.15) is 22.5 Å². The third-order valence-corrected chi connectivity index (χ3v) is 4.74. The van der Waals surface area contributed by atoms with Crippen LogP contribution in [0.4, 0.5) is 0 Å². The fraction of sp³-hybridized carbons (Fsp3) is 0.538. The maximum absolute atomic E-state index is 11.9. The number of ether oxygens (including phenoxy) is 1. The molecule has 1 aliphatic carbocycles. The SMILES string of the molecule is COC(=O)[C@H]1C[C@@H](CNC(=O)c2ccc(Cl)s2)[C@H](O)C1. The lowest BCUT2D eigenvalue weighted by Crippen LogP contribution is -2.32. The third-order valence-electron chi connectivity index (χ3n) is 3.51. The minimum atomic E-state index is -0.591. The zero-order valence-corrected chi connectivity index (χ0v) is 12.5. The van der Waals surface area contributed by atoms with E-state index in [1.165, 1.54) is 18.4 Å². The predicted octanol–water partition coefficient (Wildman–Crippen LogP) is 1.69. The van der Waals surface area contributed by atoms with Crippen molar-refractivity contribution in [3.05, 3.63) is 21.3 Å². The number of aliphatic hydroxyl groups excluding tert-OH is 1. The fourth-order valence-electron chi connectivity index (χ4n) is 2.43. The van der Waals surface area contributed by atoms with Crippen LogP contribution >= 0.6 is 22.9 Å². The summed E-state index contributed by atoms with van der Waals surface area (Å²) >= 11 is 6.98. The second kappa shape index (κ2) is 6.56. The molecule has 1 aliphatic rings. The number of nitrogens with one attached hydrogen (secondary N) is 1. The molecule has 0 bridgehead atoms. The zero-order chi connectivity index (χ0) is 14.7. The highest BCUT2D eigenvalue weighted by molar-refractivity contribution is 7.17. The van der Waals surface area contributed by atoms with E-state index in [4.69, 9.17) is 11.6 Å². The van der Waals surface area contributed by atoms with Crippen molar-refractivity contribution in [2.45, 2.75) is 18.9 Å². The van der Waals surface area contributed by atoms with Crippen molar-refractivity contribution in [3.63, 3.8) is 0 Å². The molecule has 0 aliphatic heterocycles. The van der Waals surface area contributed by atoms with Gasteiger partial charge < -0.3 is 15.2 Å². The summed E-state index contributed by atoms with van der Waals surface area (Å²) in [5, 5.41) is 12.7. The van der Waals surface area contributed by atoms with E-state index in [-0.39, 0.29) is 23.7 Å². The van der Waals surface area contributed by atoms with E-state index < -0.39 is 6.10 Å². The van der Waals surface area contributed by atoms with Gasteiger partial charge in [0.1, 0.15) is 0 Å². The van der Waals surface area contributed by atoms with Crippen LogP contribution in [0.15, 0.2) is 12.1 Å². The van der Waals surface area contributed by atoms with E-state index in [1.54, 1.807) is 12.1 Å². The Labute approximate surface area is 125 Å². The van der Waals surface area contributed by atoms with Crippen molar-refractivity contribution >= 4 is 34.8 Å². The van der Waals surface area contributed by atoms with Gasteiger partial charge in [-0.2, -0.15) is 0 Å². The van der Waals surface area contributed by atoms with E-state index in [9.17, 15) is 14.7 Å². The van der Waals surface area contributed by atoms with Crippen LogP contribution in [0, 0.1) is 11.8 Å². The van der Waals surface area contributed by atoms with Gasteiger partial charge in [0.25, 0.3) is 5.91 Å². The first-order chi connectivity index (χ1) is 9.51. The van der Waals surface area contributed by atoms with Crippen molar-refractivity contribution in [3.8, 4) is 0 Å². The summed E-state index contributed by atoms with van der Waals surface area (Å²) < 4.78 is 5.24. The Bertz CT molecular complexity index is 504. The first-order valence-electron chi connectivity index (χ1n) is 6.30. The van der Waals surface area contributed by atoms with E-state index >= 15 is 0 Å². The summed E-state index contributed by atoms with van der Waals surface area (Å²) in [6, 6.07) is 3.32. The molecule has 0 spiro atoms. The normalized spacial score (nSPS) is 25.4. The Morgan fingerprint density at radius 1 is 1.50 bits per heavy atom. The highest BCUT2D eigenvalue weighted by Crippen LogP contribution is 2.31. The number of carbonyl (C=O) groups is 2. The highest BCUT2D eigenvalue weighted by atomic mass is 35.5. The topological polar surface area (TPSA) is 75.6 Å². The van der Waals surface area contributed by atoms with Gasteiger partial charge in [0.2, 0.25) is 0 Å². The van der Waals surface area contributed by atoms with Crippen LogP contribution < -0.4 is 5.32 Å². The molecular weight excluding hydrogens is 302 g/mol. The lowest BCUT2D eigenvalue weighted by atomic mass is 10.0. The van der Waals surface area contributed by atoms with Gasteiger partial charge in [-0.05, 0) is 25.0 Å². The number of esters is 1. The van der Waals surface area contributed by atoms with Crippen LogP contribution in [0.5, 0.6) is 0 Å². The highest BCUT2D eigenvalue weighted by Gasteiger charge is 2.37. The van der Waals surface area contributed by atoms with Gasteiger partial charge in [-0.25, -0.2) is 0 Å². The van der Waals surface area contributed by atoms with Crippen molar-refractivity contribution in [2.75, 3.05) is 13.7 Å². The number of carbonyl (C=O) groups excluding carboxylic acids is 2. The van der Waals surface area contributed by atoms with Crippen molar-refractivity contribution in [2.24, 2.45) is 11.8 Å². The Hall–Kier alpha value is -1.11. The van der Waals surface area contributed by atoms with Gasteiger partial charge in [0, 0.05) is 12.5 Å². The second-order valence-electron chi connectivity index (χ2n) is 4.83. The quantitative estimate of drug-likeness (QED) is 0.829. The summed E-state index contributed by atoms with van der Waals surface area (Å²) in [5.74, 6) is -0.926. The predicted molar refractivity (Wildman–Crippen MR) is 75.9 cm³/mol. The molecule has 0 unspecified atom stereocenters. The van der Waals surface area contributed by atoms with E-state index in [1.807, 2.05) is 0 Å². The summed E-state index contributed by atoms with van der Waals surface area (Å²) in [6.07, 6.45) is 0.323. The summed E-state index contributed by atoms with van der Waals surface area (Å²) in [7, 11) is 1.34. The molecule has 0 aromatic carbocycles. The first-order valence-corrected chi connectivity index (χ1v) is 7.50. The summed E-state index contributed by atoms with van der Waals surface area (Å²) in [5.41, 5.74) is 0. The Morgan fingerprint density at radius 2 is 2.25 bits per heavy atom. The Balaban J connectivity index is 1.85. The molecule has 3 atom stereocenters. The number of rotatable bonds is 4. The minimum absolute atomic E-state index is 0.126. The first kappa shape index (κ1) is 15.3. The zero-order valence-electron chi connectivity index (χ0n) is 11.0. The average Bonchev–Trinajstić information content (AvgIpc) is 3.01. The molecule has 0 radical (unpaired) electrons. The van der Waals surface area contributed by atoms with E-state index in [2.05, 4.69) is 10.1 Å². The fourth-order valence-corrected chi connectivity index (χ4v) is 3.39. The second-order valence-corrected chi connectivity index (χ2v) is 6.55. The standard InChI is InChI=1S/C13H16ClNO4S/c1-19-13(18)7-4-8(9(16)5-7)6-15-12(17)10-2-3-11(14)20-10/h2-3,7-9,16H,4-6H2,1H3,(H,15,17)/t7-,8-,9+/m0/s1. The molecule has 1 amide bonds. The van der Waals surface area contributed by atoms with Gasteiger partial charge in [0.15, 0.2) is 0 Å². The average molecular weight is 318 g/mol. The third kappa shape index (κ3) is 3.50. The van der Waals surface area contributed by atoms with Gasteiger partial charge in [-0.3, -0.25) is 9.59 Å². The molecule has 1 aromatic heterocycles. The molecule has 2 rings (SSSR count). The van der Waals surface area contributed by atoms with Crippen molar-refractivity contribution < 1.29 is 19.4 Å². The molecule has 1 fully saturated rings. The molecule has 7 heteroatoms. The number of hydrogen-bond donors (Lipinski definition) is 2. The van der Waals surface area contributed by atoms with Gasteiger partial charge in [-0.1, -0.05) is 11.6 Å². The van der Waals surface area contributed by atoms with Crippen molar-refractivity contribution in [1.29, 1.82) is 0 Å². The summed E-state index contributed by atoms with van der Waals surface area (Å²) in [4.78, 5) is 23.8. The number of hydrogen-bond acceptors (Lipinski definition) is 5. The molecule has 0 saturated heterocycles. The molecule has 1 saturated carbocycles. The van der Waals surface area contributed by atoms with Gasteiger partial charge in [-0.15, -0.1) is 11.3 Å². The van der Waals surface area contributed by atoms with E-state index in [0.29, 0.717) is 28.6 Å². The molecule has 20 heavy (non-hydrogen) atoms. The van der Waals surface area contributed by atoms with Crippen LogP contribution in [-0.4, -0.2) is 36.7 Å².